The average molecular weight is 322 g/mol. The van der Waals surface area contributed by atoms with Gasteiger partial charge < -0.3 is 15.4 Å². The Morgan fingerprint density at radius 3 is 1.96 bits per heavy atom. The van der Waals surface area contributed by atoms with Gasteiger partial charge in [-0.05, 0) is 25.3 Å². The van der Waals surface area contributed by atoms with E-state index in [1.807, 2.05) is 65.8 Å². The number of hydrogen-bond donors (Lipinski definition) is 2. The first-order valence-corrected chi connectivity index (χ1v) is 8.06. The largest absolute Gasteiger partial charge is 0.453 e. The standard InChI is InChI=1S/C16H24N2O3.C2H6/c1-10(2)14(18-16(20)21-5)15(19)17-12(4)13-8-6-11(3)7-9-13;1-2/h6-10,12,14H,1-5H3,(H,17,19)(H,18,20);1-2H3. The summed E-state index contributed by atoms with van der Waals surface area (Å²) in [4.78, 5) is 23.6. The van der Waals surface area contributed by atoms with Crippen molar-refractivity contribution < 1.29 is 14.3 Å². The molecule has 23 heavy (non-hydrogen) atoms. The van der Waals surface area contributed by atoms with Gasteiger partial charge in [0.1, 0.15) is 6.04 Å². The Balaban J connectivity index is 0.00000232. The van der Waals surface area contributed by atoms with Crippen LogP contribution in [0.15, 0.2) is 24.3 Å². The van der Waals surface area contributed by atoms with E-state index in [2.05, 4.69) is 15.4 Å². The van der Waals surface area contributed by atoms with Crippen LogP contribution >= 0.6 is 0 Å². The molecule has 1 rings (SSSR count). The first-order valence-electron chi connectivity index (χ1n) is 8.06. The number of amides is 2. The van der Waals surface area contributed by atoms with Crippen LogP contribution in [0, 0.1) is 12.8 Å². The van der Waals surface area contributed by atoms with Crippen molar-refractivity contribution >= 4 is 12.0 Å². The number of carbonyl (C=O) groups is 2. The Kier molecular flexibility index (Phi) is 9.70. The minimum Gasteiger partial charge on any atom is -0.453 e. The molecule has 0 bridgehead atoms. The third-order valence-corrected chi connectivity index (χ3v) is 3.34. The Hall–Kier alpha value is -2.04. The van der Waals surface area contributed by atoms with Crippen LogP contribution in [-0.2, 0) is 9.53 Å². The molecule has 5 heteroatoms. The van der Waals surface area contributed by atoms with Crippen LogP contribution in [0.5, 0.6) is 0 Å². The van der Waals surface area contributed by atoms with Crippen molar-refractivity contribution in [2.75, 3.05) is 7.11 Å². The van der Waals surface area contributed by atoms with E-state index >= 15 is 0 Å². The molecule has 0 aromatic heterocycles. The molecule has 0 aliphatic rings. The van der Waals surface area contributed by atoms with Crippen molar-refractivity contribution in [3.63, 3.8) is 0 Å². The smallest absolute Gasteiger partial charge is 0.407 e. The van der Waals surface area contributed by atoms with Crippen LogP contribution in [0.3, 0.4) is 0 Å². The molecule has 2 atom stereocenters. The van der Waals surface area contributed by atoms with Crippen molar-refractivity contribution in [3.8, 4) is 0 Å². The molecule has 0 saturated heterocycles. The minimum atomic E-state index is -0.620. The number of rotatable bonds is 5. The van der Waals surface area contributed by atoms with Gasteiger partial charge in [-0.3, -0.25) is 4.79 Å². The fourth-order valence-corrected chi connectivity index (χ4v) is 1.96. The van der Waals surface area contributed by atoms with E-state index in [9.17, 15) is 9.59 Å². The third-order valence-electron chi connectivity index (χ3n) is 3.34. The average Bonchev–Trinajstić information content (AvgIpc) is 2.54. The van der Waals surface area contributed by atoms with E-state index in [1.165, 1.54) is 12.7 Å². The first-order chi connectivity index (χ1) is 10.8. The summed E-state index contributed by atoms with van der Waals surface area (Å²) in [5, 5.41) is 5.48. The molecule has 2 N–H and O–H groups in total. The number of methoxy groups -OCH3 is 1. The van der Waals surface area contributed by atoms with Gasteiger partial charge in [0.05, 0.1) is 13.2 Å². The number of alkyl carbamates (subject to hydrolysis) is 1. The lowest BCUT2D eigenvalue weighted by atomic mass is 10.0. The summed E-state index contributed by atoms with van der Waals surface area (Å²) in [5.74, 6) is -0.252. The maximum atomic E-state index is 12.3. The zero-order valence-electron chi connectivity index (χ0n) is 15.3. The number of benzene rings is 1. The summed E-state index contributed by atoms with van der Waals surface area (Å²) in [6, 6.07) is 7.23. The monoisotopic (exact) mass is 322 g/mol. The van der Waals surface area contributed by atoms with Crippen LogP contribution < -0.4 is 10.6 Å². The molecule has 0 saturated carbocycles. The van der Waals surface area contributed by atoms with Crippen LogP contribution in [-0.4, -0.2) is 25.2 Å². The molecule has 2 amide bonds. The topological polar surface area (TPSA) is 67.4 Å². The van der Waals surface area contributed by atoms with Gasteiger partial charge in [-0.15, -0.1) is 0 Å². The lowest BCUT2D eigenvalue weighted by molar-refractivity contribution is -0.124. The summed E-state index contributed by atoms with van der Waals surface area (Å²) >= 11 is 0. The molecular weight excluding hydrogens is 292 g/mol. The molecular formula is C18H30N2O3. The van der Waals surface area contributed by atoms with Crippen molar-refractivity contribution in [2.24, 2.45) is 5.92 Å². The SMILES string of the molecule is CC.COC(=O)NC(C(=O)NC(C)c1ccc(C)cc1)C(C)C. The molecule has 5 nitrogen and oxygen atoms in total. The van der Waals surface area contributed by atoms with E-state index in [0.29, 0.717) is 0 Å². The number of carbonyl (C=O) groups excluding carboxylic acids is 2. The fourth-order valence-electron chi connectivity index (χ4n) is 1.96. The molecule has 130 valence electrons. The van der Waals surface area contributed by atoms with Crippen LogP contribution in [0.2, 0.25) is 0 Å². The second-order valence-electron chi connectivity index (χ2n) is 5.50. The van der Waals surface area contributed by atoms with Gasteiger partial charge in [0.2, 0.25) is 5.91 Å². The maximum absolute atomic E-state index is 12.3. The highest BCUT2D eigenvalue weighted by Gasteiger charge is 2.25. The van der Waals surface area contributed by atoms with Gasteiger partial charge in [0.25, 0.3) is 0 Å². The number of nitrogens with one attached hydrogen (secondary N) is 2. The van der Waals surface area contributed by atoms with E-state index in [4.69, 9.17) is 0 Å². The normalized spacial score (nSPS) is 12.5. The van der Waals surface area contributed by atoms with Gasteiger partial charge in [-0.1, -0.05) is 57.5 Å². The van der Waals surface area contributed by atoms with Crippen molar-refractivity contribution in [1.82, 2.24) is 10.6 Å². The van der Waals surface area contributed by atoms with Gasteiger partial charge in [0, 0.05) is 0 Å². The highest BCUT2D eigenvalue weighted by molar-refractivity contribution is 5.86. The third kappa shape index (κ3) is 7.17. The highest BCUT2D eigenvalue weighted by atomic mass is 16.5. The summed E-state index contributed by atoms with van der Waals surface area (Å²) < 4.78 is 4.55. The van der Waals surface area contributed by atoms with E-state index < -0.39 is 12.1 Å². The summed E-state index contributed by atoms with van der Waals surface area (Å²) in [5.41, 5.74) is 2.19. The summed E-state index contributed by atoms with van der Waals surface area (Å²) in [6.07, 6.45) is -0.605. The Bertz CT molecular complexity index is 484. The van der Waals surface area contributed by atoms with Crippen molar-refractivity contribution in [1.29, 1.82) is 0 Å². The quantitative estimate of drug-likeness (QED) is 0.870. The Labute approximate surface area is 139 Å². The molecule has 0 heterocycles. The number of ether oxygens (including phenoxy) is 1. The van der Waals surface area contributed by atoms with E-state index in [1.54, 1.807) is 0 Å². The van der Waals surface area contributed by atoms with Crippen molar-refractivity contribution in [3.05, 3.63) is 35.4 Å². The number of hydrogen-bond acceptors (Lipinski definition) is 3. The molecule has 1 aromatic rings. The van der Waals surface area contributed by atoms with Crippen LogP contribution in [0.25, 0.3) is 0 Å². The van der Waals surface area contributed by atoms with E-state index in [0.717, 1.165) is 5.56 Å². The Morgan fingerprint density at radius 2 is 1.52 bits per heavy atom. The molecule has 0 aliphatic carbocycles. The van der Waals surface area contributed by atoms with Crippen molar-refractivity contribution in [2.45, 2.75) is 53.6 Å². The first kappa shape index (κ1) is 21.0. The lowest BCUT2D eigenvalue weighted by Gasteiger charge is -2.23. The van der Waals surface area contributed by atoms with E-state index in [-0.39, 0.29) is 17.9 Å². The predicted octanol–water partition coefficient (Wildman–Crippen LogP) is 3.58. The molecule has 0 spiro atoms. The minimum absolute atomic E-state index is 0.0330. The molecule has 1 aromatic carbocycles. The highest BCUT2D eigenvalue weighted by Crippen LogP contribution is 2.14. The Morgan fingerprint density at radius 1 is 1.00 bits per heavy atom. The lowest BCUT2D eigenvalue weighted by Crippen LogP contribution is -2.50. The summed E-state index contributed by atoms with van der Waals surface area (Å²) in [6.45, 7) is 11.7. The molecule has 0 radical (unpaired) electrons. The van der Waals surface area contributed by atoms with Crippen LogP contribution in [0.4, 0.5) is 4.79 Å². The predicted molar refractivity (Wildman–Crippen MR) is 93.3 cm³/mol. The number of aryl methyl sites for hydroxylation is 1. The second kappa shape index (κ2) is 10.6. The van der Waals surface area contributed by atoms with Crippen LogP contribution in [0.1, 0.15) is 51.8 Å². The zero-order valence-corrected chi connectivity index (χ0v) is 15.3. The summed E-state index contributed by atoms with van der Waals surface area (Å²) in [7, 11) is 1.28. The van der Waals surface area contributed by atoms with Gasteiger partial charge in [0.15, 0.2) is 0 Å². The van der Waals surface area contributed by atoms with Gasteiger partial charge in [-0.25, -0.2) is 4.79 Å². The van der Waals surface area contributed by atoms with Gasteiger partial charge >= 0.3 is 6.09 Å². The molecule has 2 unspecified atom stereocenters. The maximum Gasteiger partial charge on any atom is 0.407 e. The van der Waals surface area contributed by atoms with Gasteiger partial charge in [-0.2, -0.15) is 0 Å². The molecule has 0 aliphatic heterocycles. The zero-order chi connectivity index (χ0) is 18.0. The fraction of sp³-hybridized carbons (Fsp3) is 0.556. The second-order valence-corrected chi connectivity index (χ2v) is 5.50. The molecule has 0 fully saturated rings.